The van der Waals surface area contributed by atoms with E-state index in [1.54, 1.807) is 18.2 Å². The van der Waals surface area contributed by atoms with Crippen LogP contribution in [0.4, 0.5) is 4.39 Å². The molecule has 0 saturated carbocycles. The van der Waals surface area contributed by atoms with Crippen molar-refractivity contribution in [2.24, 2.45) is 0 Å². The summed E-state index contributed by atoms with van der Waals surface area (Å²) < 4.78 is 24.8. The third-order valence-electron chi connectivity index (χ3n) is 4.36. The number of fused-ring (bicyclic) bond motifs is 1. The minimum Gasteiger partial charge on any atom is -0.454 e. The second-order valence-corrected chi connectivity index (χ2v) is 8.44. The van der Waals surface area contributed by atoms with Crippen LogP contribution >= 0.6 is 35.6 Å². The van der Waals surface area contributed by atoms with E-state index in [9.17, 15) is 14.0 Å². The van der Waals surface area contributed by atoms with Crippen molar-refractivity contribution in [3.05, 3.63) is 63.3 Å². The fraction of sp³-hybridized carbons (Fsp3) is 0.150. The molecule has 0 aliphatic carbocycles. The third-order valence-corrected chi connectivity index (χ3v) is 5.97. The van der Waals surface area contributed by atoms with Crippen LogP contribution in [0.5, 0.6) is 11.5 Å². The molecule has 1 N–H and O–H groups in total. The molecule has 0 aromatic heterocycles. The highest BCUT2D eigenvalue weighted by Gasteiger charge is 2.32. The van der Waals surface area contributed by atoms with Gasteiger partial charge < -0.3 is 14.8 Å². The zero-order chi connectivity index (χ0) is 21.3. The Morgan fingerprint density at radius 3 is 2.90 bits per heavy atom. The van der Waals surface area contributed by atoms with Crippen LogP contribution in [0.2, 0.25) is 5.02 Å². The van der Waals surface area contributed by atoms with Crippen molar-refractivity contribution in [3.8, 4) is 11.5 Å². The summed E-state index contributed by atoms with van der Waals surface area (Å²) >= 11 is 12.3. The van der Waals surface area contributed by atoms with Gasteiger partial charge >= 0.3 is 0 Å². The van der Waals surface area contributed by atoms with Gasteiger partial charge in [0, 0.05) is 18.1 Å². The Bertz CT molecular complexity index is 1090. The summed E-state index contributed by atoms with van der Waals surface area (Å²) in [7, 11) is 0. The quantitative estimate of drug-likeness (QED) is 0.535. The normalized spacial score (nSPS) is 16.5. The predicted octanol–water partition coefficient (Wildman–Crippen LogP) is 3.84. The molecule has 0 radical (unpaired) electrons. The maximum Gasteiger partial charge on any atom is 0.266 e. The van der Waals surface area contributed by atoms with E-state index in [2.05, 4.69) is 5.32 Å². The summed E-state index contributed by atoms with van der Waals surface area (Å²) in [6, 6.07) is 9.12. The van der Waals surface area contributed by atoms with E-state index in [1.807, 2.05) is 6.07 Å². The molecule has 2 aromatic rings. The van der Waals surface area contributed by atoms with Gasteiger partial charge in [-0.1, -0.05) is 41.6 Å². The molecule has 2 aliphatic heterocycles. The minimum atomic E-state index is -0.672. The van der Waals surface area contributed by atoms with Crippen LogP contribution < -0.4 is 14.8 Å². The lowest BCUT2D eigenvalue weighted by molar-refractivity contribution is -0.122. The number of rotatable bonds is 5. The highest BCUT2D eigenvalue weighted by atomic mass is 35.5. The van der Waals surface area contributed by atoms with Gasteiger partial charge in [-0.15, -0.1) is 0 Å². The molecule has 0 atom stereocenters. The summed E-state index contributed by atoms with van der Waals surface area (Å²) in [5.74, 6) is -0.266. The van der Waals surface area contributed by atoms with Crippen LogP contribution in [0.15, 0.2) is 41.3 Å². The average Bonchev–Trinajstić information content (AvgIpc) is 3.29. The van der Waals surface area contributed by atoms with Gasteiger partial charge in [-0.2, -0.15) is 0 Å². The van der Waals surface area contributed by atoms with Crippen molar-refractivity contribution in [3.63, 3.8) is 0 Å². The number of ether oxygens (including phenoxy) is 2. The largest absolute Gasteiger partial charge is 0.454 e. The van der Waals surface area contributed by atoms with Gasteiger partial charge in [0.05, 0.1) is 10.5 Å². The number of thiocarbonyl (C=S) groups is 1. The van der Waals surface area contributed by atoms with Crippen LogP contribution in [0.3, 0.4) is 0 Å². The lowest BCUT2D eigenvalue weighted by atomic mass is 10.2. The summed E-state index contributed by atoms with van der Waals surface area (Å²) in [6.45, 7) is 0.442. The summed E-state index contributed by atoms with van der Waals surface area (Å²) in [5, 5.41) is 2.83. The van der Waals surface area contributed by atoms with E-state index in [0.29, 0.717) is 20.7 Å². The van der Waals surface area contributed by atoms with Gasteiger partial charge in [-0.05, 0) is 42.0 Å². The van der Waals surface area contributed by atoms with Crippen molar-refractivity contribution >= 4 is 57.8 Å². The van der Waals surface area contributed by atoms with Crippen molar-refractivity contribution in [2.75, 3.05) is 19.9 Å². The molecule has 30 heavy (non-hydrogen) atoms. The molecular formula is C20H14ClFN2O4S2. The second kappa shape index (κ2) is 8.63. The maximum absolute atomic E-state index is 13.8. The van der Waals surface area contributed by atoms with Gasteiger partial charge in [-0.3, -0.25) is 14.5 Å². The van der Waals surface area contributed by atoms with Crippen LogP contribution in [0.1, 0.15) is 15.9 Å². The number of thioether (sulfide) groups is 1. The van der Waals surface area contributed by atoms with Crippen LogP contribution in [-0.4, -0.2) is 40.9 Å². The molecule has 1 fully saturated rings. The van der Waals surface area contributed by atoms with Crippen molar-refractivity contribution in [1.29, 1.82) is 0 Å². The maximum atomic E-state index is 13.8. The number of carbonyl (C=O) groups excluding carboxylic acids is 2. The van der Waals surface area contributed by atoms with E-state index in [1.165, 1.54) is 28.8 Å². The highest BCUT2D eigenvalue weighted by Crippen LogP contribution is 2.36. The van der Waals surface area contributed by atoms with Crippen molar-refractivity contribution in [2.45, 2.75) is 0 Å². The highest BCUT2D eigenvalue weighted by molar-refractivity contribution is 8.26. The SMILES string of the molecule is O=C(NCCN1C(=O)/C(=C/c2ccc3c(c2)OCO3)SC1=S)c1cc(Cl)ccc1F. The van der Waals surface area contributed by atoms with E-state index < -0.39 is 11.7 Å². The molecule has 10 heteroatoms. The average molecular weight is 465 g/mol. The number of halogens is 2. The van der Waals surface area contributed by atoms with Crippen molar-refractivity contribution in [1.82, 2.24) is 10.2 Å². The summed E-state index contributed by atoms with van der Waals surface area (Å²) in [6.07, 6.45) is 1.72. The van der Waals surface area contributed by atoms with Gasteiger partial charge in [0.1, 0.15) is 10.1 Å². The molecule has 154 valence electrons. The van der Waals surface area contributed by atoms with Crippen LogP contribution in [0.25, 0.3) is 6.08 Å². The first-order valence-electron chi connectivity index (χ1n) is 8.80. The van der Waals surface area contributed by atoms with Gasteiger partial charge in [0.15, 0.2) is 11.5 Å². The molecule has 4 rings (SSSR count). The number of amides is 2. The predicted molar refractivity (Wildman–Crippen MR) is 116 cm³/mol. The van der Waals surface area contributed by atoms with Gasteiger partial charge in [0.25, 0.3) is 11.8 Å². The lowest BCUT2D eigenvalue weighted by Crippen LogP contribution is -2.37. The Morgan fingerprint density at radius 2 is 2.07 bits per heavy atom. The molecule has 1 saturated heterocycles. The zero-order valence-corrected chi connectivity index (χ0v) is 17.7. The molecule has 0 spiro atoms. The molecular weight excluding hydrogens is 451 g/mol. The van der Waals surface area contributed by atoms with Crippen molar-refractivity contribution < 1.29 is 23.5 Å². The molecule has 0 unspecified atom stereocenters. The molecule has 6 nitrogen and oxygen atoms in total. The number of nitrogens with zero attached hydrogens (tertiary/aromatic N) is 1. The second-order valence-electron chi connectivity index (χ2n) is 6.33. The van der Waals surface area contributed by atoms with Crippen LogP contribution in [0, 0.1) is 5.82 Å². The molecule has 0 bridgehead atoms. The van der Waals surface area contributed by atoms with Gasteiger partial charge in [-0.25, -0.2) is 4.39 Å². The third kappa shape index (κ3) is 4.28. The van der Waals surface area contributed by atoms with Gasteiger partial charge in [0.2, 0.25) is 6.79 Å². The first-order valence-corrected chi connectivity index (χ1v) is 10.4. The number of benzene rings is 2. The fourth-order valence-electron chi connectivity index (χ4n) is 2.90. The Balaban J connectivity index is 1.38. The Morgan fingerprint density at radius 1 is 1.27 bits per heavy atom. The van der Waals surface area contributed by atoms with E-state index in [-0.39, 0.29) is 36.4 Å². The van der Waals surface area contributed by atoms with E-state index in [4.69, 9.17) is 33.3 Å². The summed E-state index contributed by atoms with van der Waals surface area (Å²) in [5.41, 5.74) is 0.625. The monoisotopic (exact) mass is 464 g/mol. The van der Waals surface area contributed by atoms with Crippen LogP contribution in [-0.2, 0) is 4.79 Å². The minimum absolute atomic E-state index is 0.106. The Kier molecular flexibility index (Phi) is 5.94. The Labute approximate surface area is 186 Å². The lowest BCUT2D eigenvalue weighted by Gasteiger charge is -2.15. The molecule has 2 aromatic carbocycles. The first kappa shape index (κ1) is 20.6. The molecule has 2 heterocycles. The number of nitrogens with one attached hydrogen (secondary N) is 1. The Hall–Kier alpha value is -2.62. The number of carbonyl (C=O) groups is 2. The van der Waals surface area contributed by atoms with E-state index in [0.717, 1.165) is 11.6 Å². The topological polar surface area (TPSA) is 67.9 Å². The molecule has 2 amide bonds. The first-order chi connectivity index (χ1) is 14.4. The zero-order valence-electron chi connectivity index (χ0n) is 15.3. The molecule has 2 aliphatic rings. The number of hydrogen-bond donors (Lipinski definition) is 1. The summed E-state index contributed by atoms with van der Waals surface area (Å²) in [4.78, 5) is 26.7. The fourth-order valence-corrected chi connectivity index (χ4v) is 4.38. The standard InChI is InChI=1S/C20H14ClFN2O4S2/c21-12-2-3-14(22)13(9-12)18(25)23-5-6-24-19(26)17(30-20(24)29)8-11-1-4-15-16(7-11)28-10-27-15/h1-4,7-9H,5-6,10H2,(H,23,25)/b17-8-. The van der Waals surface area contributed by atoms with E-state index >= 15 is 0 Å². The number of hydrogen-bond acceptors (Lipinski definition) is 6. The smallest absolute Gasteiger partial charge is 0.266 e.